The molecule has 0 bridgehead atoms. The van der Waals surface area contributed by atoms with Gasteiger partial charge in [-0.15, -0.1) is 0 Å². The largest absolute Gasteiger partial charge is 0.392 e. The van der Waals surface area contributed by atoms with E-state index in [4.69, 9.17) is 5.11 Å². The van der Waals surface area contributed by atoms with Crippen LogP contribution < -0.4 is 5.32 Å². The van der Waals surface area contributed by atoms with E-state index in [-0.39, 0.29) is 11.5 Å². The van der Waals surface area contributed by atoms with Gasteiger partial charge in [0.05, 0.1) is 12.3 Å². The molecular weight excluding hydrogens is 190 g/mol. The molecule has 86 valence electrons. The van der Waals surface area contributed by atoms with Gasteiger partial charge in [-0.1, -0.05) is 20.8 Å². The lowest BCUT2D eigenvalue weighted by Gasteiger charge is -2.18. The molecule has 1 atom stereocenters. The lowest BCUT2D eigenvalue weighted by atomic mass is 9.89. The third kappa shape index (κ3) is 3.64. The number of hydrogen-bond acceptors (Lipinski definition) is 3. The molecule has 0 aliphatic rings. The predicted octanol–water partition coefficient (Wildman–Crippen LogP) is 1.18. The zero-order valence-corrected chi connectivity index (χ0v) is 9.96. The fraction of sp³-hybridized carbons (Fsp3) is 0.727. The van der Waals surface area contributed by atoms with Crippen molar-refractivity contribution in [2.75, 3.05) is 6.54 Å². The average molecular weight is 211 g/mol. The molecule has 0 aliphatic heterocycles. The van der Waals surface area contributed by atoms with Gasteiger partial charge in [-0.3, -0.25) is 5.10 Å². The van der Waals surface area contributed by atoms with E-state index in [0.717, 1.165) is 12.2 Å². The van der Waals surface area contributed by atoms with Crippen LogP contribution in [0, 0.1) is 0 Å². The van der Waals surface area contributed by atoms with Gasteiger partial charge in [0.15, 0.2) is 0 Å². The van der Waals surface area contributed by atoms with Crippen LogP contribution in [-0.2, 0) is 12.0 Å². The van der Waals surface area contributed by atoms with Crippen molar-refractivity contribution < 1.29 is 5.11 Å². The molecule has 0 aromatic carbocycles. The van der Waals surface area contributed by atoms with Gasteiger partial charge in [0.1, 0.15) is 0 Å². The lowest BCUT2D eigenvalue weighted by molar-refractivity contribution is 0.191. The van der Waals surface area contributed by atoms with Crippen LogP contribution in [-0.4, -0.2) is 28.0 Å². The quantitative estimate of drug-likeness (QED) is 0.701. The molecule has 4 heteroatoms. The molecule has 0 saturated heterocycles. The summed E-state index contributed by atoms with van der Waals surface area (Å²) in [7, 11) is 0. The smallest absolute Gasteiger partial charge is 0.0636 e. The molecule has 0 saturated carbocycles. The molecule has 4 nitrogen and oxygen atoms in total. The topological polar surface area (TPSA) is 60.9 Å². The van der Waals surface area contributed by atoms with E-state index >= 15 is 0 Å². The van der Waals surface area contributed by atoms with Gasteiger partial charge in [0, 0.05) is 29.8 Å². The third-order valence-electron chi connectivity index (χ3n) is 2.22. The first-order valence-electron chi connectivity index (χ1n) is 5.32. The summed E-state index contributed by atoms with van der Waals surface area (Å²) in [5.74, 6) is 0. The zero-order chi connectivity index (χ0) is 11.5. The van der Waals surface area contributed by atoms with Crippen molar-refractivity contribution in [2.45, 2.75) is 45.8 Å². The number of aromatic nitrogens is 2. The summed E-state index contributed by atoms with van der Waals surface area (Å²) in [6.07, 6.45) is 1.53. The van der Waals surface area contributed by atoms with Gasteiger partial charge < -0.3 is 10.4 Å². The molecule has 0 fully saturated rings. The molecular formula is C11H21N3O. The minimum atomic E-state index is -0.310. The highest BCUT2D eigenvalue weighted by Crippen LogP contribution is 2.22. The van der Waals surface area contributed by atoms with Crippen LogP contribution in [0.4, 0.5) is 0 Å². The molecule has 0 aliphatic carbocycles. The van der Waals surface area contributed by atoms with Crippen LogP contribution >= 0.6 is 0 Å². The second-order valence-electron chi connectivity index (χ2n) is 5.00. The maximum absolute atomic E-state index is 9.12. The Balaban J connectivity index is 2.58. The Bertz CT molecular complexity index is 299. The Kier molecular flexibility index (Phi) is 3.88. The van der Waals surface area contributed by atoms with Crippen molar-refractivity contribution in [1.29, 1.82) is 0 Å². The highest BCUT2D eigenvalue weighted by atomic mass is 16.3. The molecule has 1 heterocycles. The number of nitrogens with one attached hydrogen (secondary N) is 2. The van der Waals surface area contributed by atoms with Crippen LogP contribution in [0.1, 0.15) is 39.0 Å². The summed E-state index contributed by atoms with van der Waals surface area (Å²) in [6, 6.07) is 0. The SMILES string of the molecule is CC(O)CNCc1cn[nH]c1C(C)(C)C. The summed E-state index contributed by atoms with van der Waals surface area (Å²) >= 11 is 0. The van der Waals surface area contributed by atoms with Crippen LogP contribution in [0.25, 0.3) is 0 Å². The number of hydrogen-bond donors (Lipinski definition) is 3. The van der Waals surface area contributed by atoms with Gasteiger partial charge in [-0.25, -0.2) is 0 Å². The molecule has 3 N–H and O–H groups in total. The number of H-pyrrole nitrogens is 1. The first kappa shape index (κ1) is 12.2. The highest BCUT2D eigenvalue weighted by molar-refractivity contribution is 5.23. The van der Waals surface area contributed by atoms with Crippen molar-refractivity contribution in [1.82, 2.24) is 15.5 Å². The summed E-state index contributed by atoms with van der Waals surface area (Å²) < 4.78 is 0. The number of aliphatic hydroxyl groups is 1. The van der Waals surface area contributed by atoms with Gasteiger partial charge in [-0.2, -0.15) is 5.10 Å². The number of nitrogens with zero attached hydrogens (tertiary/aromatic N) is 1. The summed E-state index contributed by atoms with van der Waals surface area (Å²) in [6.45, 7) is 9.58. The van der Waals surface area contributed by atoms with E-state index in [1.807, 2.05) is 6.20 Å². The van der Waals surface area contributed by atoms with E-state index in [1.54, 1.807) is 6.92 Å². The summed E-state index contributed by atoms with van der Waals surface area (Å²) in [5.41, 5.74) is 2.40. The van der Waals surface area contributed by atoms with Gasteiger partial charge >= 0.3 is 0 Å². The van der Waals surface area contributed by atoms with Crippen molar-refractivity contribution in [3.8, 4) is 0 Å². The van der Waals surface area contributed by atoms with Crippen molar-refractivity contribution in [2.24, 2.45) is 0 Å². The van der Waals surface area contributed by atoms with Crippen LogP contribution in [0.3, 0.4) is 0 Å². The van der Waals surface area contributed by atoms with Crippen LogP contribution in [0.5, 0.6) is 0 Å². The van der Waals surface area contributed by atoms with E-state index in [9.17, 15) is 0 Å². The van der Waals surface area contributed by atoms with Crippen LogP contribution in [0.15, 0.2) is 6.20 Å². The summed E-state index contributed by atoms with van der Waals surface area (Å²) in [4.78, 5) is 0. The lowest BCUT2D eigenvalue weighted by Crippen LogP contribution is -2.25. The van der Waals surface area contributed by atoms with E-state index < -0.39 is 0 Å². The predicted molar refractivity (Wildman–Crippen MR) is 60.7 cm³/mol. The Labute approximate surface area is 91.1 Å². The normalized spacial score (nSPS) is 14.2. The maximum atomic E-state index is 9.12. The van der Waals surface area contributed by atoms with Crippen molar-refractivity contribution in [3.63, 3.8) is 0 Å². The Morgan fingerprint density at radius 2 is 2.20 bits per heavy atom. The van der Waals surface area contributed by atoms with Gasteiger partial charge in [0.25, 0.3) is 0 Å². The number of rotatable bonds is 4. The molecule has 0 amide bonds. The minimum absolute atomic E-state index is 0.0817. The monoisotopic (exact) mass is 211 g/mol. The van der Waals surface area contributed by atoms with Gasteiger partial charge in [0.2, 0.25) is 0 Å². The number of aliphatic hydroxyl groups excluding tert-OH is 1. The molecule has 1 rings (SSSR count). The molecule has 1 aromatic rings. The zero-order valence-electron chi connectivity index (χ0n) is 9.96. The average Bonchev–Trinajstić information content (AvgIpc) is 2.50. The van der Waals surface area contributed by atoms with Gasteiger partial charge in [-0.05, 0) is 6.92 Å². The van der Waals surface area contributed by atoms with Crippen molar-refractivity contribution in [3.05, 3.63) is 17.5 Å². The molecule has 1 aromatic heterocycles. The second kappa shape index (κ2) is 4.77. The Morgan fingerprint density at radius 3 is 2.73 bits per heavy atom. The van der Waals surface area contributed by atoms with E-state index in [1.165, 1.54) is 5.56 Å². The maximum Gasteiger partial charge on any atom is 0.0636 e. The number of aromatic amines is 1. The standard InChI is InChI=1S/C11H21N3O/c1-8(15)5-12-6-9-7-13-14-10(9)11(2,3)4/h7-8,12,15H,5-6H2,1-4H3,(H,13,14). The van der Waals surface area contributed by atoms with E-state index in [2.05, 4.69) is 36.3 Å². The molecule has 0 radical (unpaired) electrons. The first-order chi connectivity index (χ1) is 6.91. The minimum Gasteiger partial charge on any atom is -0.392 e. The fourth-order valence-corrected chi connectivity index (χ4v) is 1.51. The Hall–Kier alpha value is -0.870. The van der Waals surface area contributed by atoms with Crippen LogP contribution in [0.2, 0.25) is 0 Å². The molecule has 0 spiro atoms. The highest BCUT2D eigenvalue weighted by Gasteiger charge is 2.19. The fourth-order valence-electron chi connectivity index (χ4n) is 1.51. The molecule has 15 heavy (non-hydrogen) atoms. The van der Waals surface area contributed by atoms with Crippen molar-refractivity contribution >= 4 is 0 Å². The van der Waals surface area contributed by atoms with E-state index in [0.29, 0.717) is 6.54 Å². The first-order valence-corrected chi connectivity index (χ1v) is 5.32. The molecule has 1 unspecified atom stereocenters. The Morgan fingerprint density at radius 1 is 1.53 bits per heavy atom. The summed E-state index contributed by atoms with van der Waals surface area (Å²) in [5, 5.41) is 19.4. The second-order valence-corrected chi connectivity index (χ2v) is 5.00. The third-order valence-corrected chi connectivity index (χ3v) is 2.22.